The number of anilines is 1. The van der Waals surface area contributed by atoms with E-state index in [1.807, 2.05) is 36.0 Å². The molecule has 1 unspecified atom stereocenters. The molecule has 6 heteroatoms. The molecule has 0 bridgehead atoms. The lowest BCUT2D eigenvalue weighted by Gasteiger charge is -2.08. The van der Waals surface area contributed by atoms with Gasteiger partial charge in [-0.2, -0.15) is 16.9 Å². The van der Waals surface area contributed by atoms with E-state index in [4.69, 9.17) is 5.73 Å². The molecule has 1 amide bonds. The van der Waals surface area contributed by atoms with Crippen LogP contribution in [-0.2, 0) is 0 Å². The fraction of sp³-hybridized carbons (Fsp3) is 0.333. The minimum Gasteiger partial charge on any atom is -0.399 e. The van der Waals surface area contributed by atoms with Crippen LogP contribution in [0.2, 0.25) is 0 Å². The number of rotatable bonds is 4. The number of carbonyl (C=O) groups is 1. The summed E-state index contributed by atoms with van der Waals surface area (Å²) in [7, 11) is 0. The molecule has 2 heterocycles. The second kappa shape index (κ2) is 6.22. The first-order valence-electron chi connectivity index (χ1n) is 7.04. The van der Waals surface area contributed by atoms with E-state index < -0.39 is 0 Å². The van der Waals surface area contributed by atoms with E-state index in [1.54, 1.807) is 16.9 Å². The zero-order valence-corrected chi connectivity index (χ0v) is 12.5. The van der Waals surface area contributed by atoms with Crippen molar-refractivity contribution in [1.82, 2.24) is 15.1 Å². The normalized spacial score (nSPS) is 17.8. The van der Waals surface area contributed by atoms with Crippen molar-refractivity contribution in [2.45, 2.75) is 18.1 Å². The third kappa shape index (κ3) is 3.39. The van der Waals surface area contributed by atoms with Crippen molar-refractivity contribution in [3.05, 3.63) is 42.2 Å². The van der Waals surface area contributed by atoms with Gasteiger partial charge in [0.05, 0.1) is 5.69 Å². The van der Waals surface area contributed by atoms with Gasteiger partial charge in [-0.1, -0.05) is 0 Å². The first-order chi connectivity index (χ1) is 10.2. The summed E-state index contributed by atoms with van der Waals surface area (Å²) in [5, 5.41) is 7.82. The SMILES string of the molecule is Nc1ccc(-n2ccc(C(=O)NCC3CCCS3)n2)cc1. The molecule has 110 valence electrons. The highest BCUT2D eigenvalue weighted by Gasteiger charge is 2.17. The summed E-state index contributed by atoms with van der Waals surface area (Å²) in [6.07, 6.45) is 4.21. The molecule has 1 aliphatic rings. The third-order valence-corrected chi connectivity index (χ3v) is 4.89. The van der Waals surface area contributed by atoms with Gasteiger partial charge in [-0.25, -0.2) is 4.68 Å². The Kier molecular flexibility index (Phi) is 4.15. The Morgan fingerprint density at radius 1 is 1.38 bits per heavy atom. The number of nitrogens with one attached hydrogen (secondary N) is 1. The van der Waals surface area contributed by atoms with Crippen LogP contribution in [0.25, 0.3) is 5.69 Å². The molecule has 21 heavy (non-hydrogen) atoms. The number of aromatic nitrogens is 2. The maximum atomic E-state index is 12.1. The zero-order valence-electron chi connectivity index (χ0n) is 11.7. The Labute approximate surface area is 127 Å². The molecule has 3 rings (SSSR count). The number of hydrogen-bond acceptors (Lipinski definition) is 4. The van der Waals surface area contributed by atoms with Crippen LogP contribution in [0.5, 0.6) is 0 Å². The van der Waals surface area contributed by atoms with Gasteiger partial charge in [-0.05, 0) is 48.9 Å². The number of benzene rings is 1. The number of nitrogens with zero attached hydrogens (tertiary/aromatic N) is 2. The predicted molar refractivity (Wildman–Crippen MR) is 85.8 cm³/mol. The van der Waals surface area contributed by atoms with Crippen molar-refractivity contribution in [3.63, 3.8) is 0 Å². The third-order valence-electron chi connectivity index (χ3n) is 3.49. The van der Waals surface area contributed by atoms with Crippen molar-refractivity contribution < 1.29 is 4.79 Å². The molecule has 1 aromatic heterocycles. The minimum atomic E-state index is -0.114. The average Bonchev–Trinajstić information content (AvgIpc) is 3.17. The summed E-state index contributed by atoms with van der Waals surface area (Å²) < 4.78 is 1.68. The maximum Gasteiger partial charge on any atom is 0.271 e. The molecule has 0 saturated carbocycles. The van der Waals surface area contributed by atoms with E-state index in [0.29, 0.717) is 16.6 Å². The van der Waals surface area contributed by atoms with Crippen LogP contribution in [-0.4, -0.2) is 33.2 Å². The molecule has 0 radical (unpaired) electrons. The smallest absolute Gasteiger partial charge is 0.271 e. The zero-order chi connectivity index (χ0) is 14.7. The van der Waals surface area contributed by atoms with Crippen LogP contribution in [0.1, 0.15) is 23.3 Å². The Morgan fingerprint density at radius 2 is 2.19 bits per heavy atom. The van der Waals surface area contributed by atoms with Gasteiger partial charge in [0.25, 0.3) is 5.91 Å². The second-order valence-corrected chi connectivity index (χ2v) is 6.49. The van der Waals surface area contributed by atoms with E-state index in [1.165, 1.54) is 18.6 Å². The summed E-state index contributed by atoms with van der Waals surface area (Å²) in [6, 6.07) is 9.11. The Hall–Kier alpha value is -1.95. The molecule has 1 aromatic carbocycles. The molecule has 1 aliphatic heterocycles. The van der Waals surface area contributed by atoms with Crippen molar-refractivity contribution >= 4 is 23.4 Å². The van der Waals surface area contributed by atoms with Crippen molar-refractivity contribution in [2.75, 3.05) is 18.0 Å². The van der Waals surface area contributed by atoms with E-state index in [9.17, 15) is 4.79 Å². The second-order valence-electron chi connectivity index (χ2n) is 5.08. The first kappa shape index (κ1) is 14.0. The van der Waals surface area contributed by atoms with Gasteiger partial charge >= 0.3 is 0 Å². The van der Waals surface area contributed by atoms with E-state index >= 15 is 0 Å². The summed E-state index contributed by atoms with van der Waals surface area (Å²) >= 11 is 1.93. The number of nitrogen functional groups attached to an aromatic ring is 1. The molecular weight excluding hydrogens is 284 g/mol. The largest absolute Gasteiger partial charge is 0.399 e. The average molecular weight is 302 g/mol. The van der Waals surface area contributed by atoms with Gasteiger partial charge in [0.1, 0.15) is 0 Å². The summed E-state index contributed by atoms with van der Waals surface area (Å²) in [5.74, 6) is 1.09. The number of nitrogens with two attached hydrogens (primary N) is 1. The van der Waals surface area contributed by atoms with Crippen molar-refractivity contribution in [1.29, 1.82) is 0 Å². The van der Waals surface area contributed by atoms with Crippen molar-refractivity contribution in [2.24, 2.45) is 0 Å². The van der Waals surface area contributed by atoms with Gasteiger partial charge in [-0.3, -0.25) is 4.79 Å². The number of thioether (sulfide) groups is 1. The van der Waals surface area contributed by atoms with E-state index in [-0.39, 0.29) is 5.91 Å². The Morgan fingerprint density at radius 3 is 2.90 bits per heavy atom. The molecule has 3 N–H and O–H groups in total. The van der Waals surface area contributed by atoms with Crippen LogP contribution < -0.4 is 11.1 Å². The van der Waals surface area contributed by atoms with Crippen LogP contribution in [0.3, 0.4) is 0 Å². The number of hydrogen-bond donors (Lipinski definition) is 2. The Bertz CT molecular complexity index is 617. The molecule has 5 nitrogen and oxygen atoms in total. The highest BCUT2D eigenvalue weighted by Crippen LogP contribution is 2.25. The molecule has 1 fully saturated rings. The summed E-state index contributed by atoms with van der Waals surface area (Å²) in [6.45, 7) is 0.720. The van der Waals surface area contributed by atoms with Crippen LogP contribution in [0, 0.1) is 0 Å². The molecular formula is C15H18N4OS. The summed E-state index contributed by atoms with van der Waals surface area (Å²) in [4.78, 5) is 12.1. The van der Waals surface area contributed by atoms with Crippen molar-refractivity contribution in [3.8, 4) is 5.69 Å². The highest BCUT2D eigenvalue weighted by molar-refractivity contribution is 8.00. The first-order valence-corrected chi connectivity index (χ1v) is 8.08. The number of amides is 1. The van der Waals surface area contributed by atoms with Gasteiger partial charge in [0, 0.05) is 23.7 Å². The Balaban J connectivity index is 1.63. The van der Waals surface area contributed by atoms with Gasteiger partial charge < -0.3 is 11.1 Å². The standard InChI is InChI=1S/C15H18N4OS/c16-11-3-5-12(6-4-11)19-8-7-14(18-19)15(20)17-10-13-2-1-9-21-13/h3-8,13H,1-2,9-10,16H2,(H,17,20). The quantitative estimate of drug-likeness (QED) is 0.848. The lowest BCUT2D eigenvalue weighted by molar-refractivity contribution is 0.0948. The monoisotopic (exact) mass is 302 g/mol. The molecule has 0 aliphatic carbocycles. The fourth-order valence-electron chi connectivity index (χ4n) is 2.32. The van der Waals surface area contributed by atoms with Gasteiger partial charge in [0.15, 0.2) is 5.69 Å². The molecule has 2 aromatic rings. The lowest BCUT2D eigenvalue weighted by Crippen LogP contribution is -2.30. The number of carbonyl (C=O) groups excluding carboxylic acids is 1. The fourth-order valence-corrected chi connectivity index (χ4v) is 3.52. The topological polar surface area (TPSA) is 72.9 Å². The highest BCUT2D eigenvalue weighted by atomic mass is 32.2. The van der Waals surface area contributed by atoms with Crippen LogP contribution in [0.15, 0.2) is 36.5 Å². The maximum absolute atomic E-state index is 12.1. The summed E-state index contributed by atoms with van der Waals surface area (Å²) in [5.41, 5.74) is 7.69. The molecule has 0 spiro atoms. The van der Waals surface area contributed by atoms with Crippen LogP contribution >= 0.6 is 11.8 Å². The van der Waals surface area contributed by atoms with E-state index in [2.05, 4.69) is 10.4 Å². The lowest BCUT2D eigenvalue weighted by atomic mass is 10.2. The van der Waals surface area contributed by atoms with Crippen LogP contribution in [0.4, 0.5) is 5.69 Å². The molecule has 1 saturated heterocycles. The minimum absolute atomic E-state index is 0.114. The predicted octanol–water partition coefficient (Wildman–Crippen LogP) is 2.08. The van der Waals surface area contributed by atoms with Gasteiger partial charge in [-0.15, -0.1) is 0 Å². The van der Waals surface area contributed by atoms with E-state index in [0.717, 1.165) is 12.2 Å². The van der Waals surface area contributed by atoms with Gasteiger partial charge in [0.2, 0.25) is 0 Å². The molecule has 1 atom stereocenters.